The topological polar surface area (TPSA) is 92.3 Å². The van der Waals surface area contributed by atoms with Gasteiger partial charge in [0, 0.05) is 19.0 Å². The van der Waals surface area contributed by atoms with Crippen LogP contribution in [0.3, 0.4) is 0 Å². The molecule has 3 aromatic rings. The average molecular weight is 475 g/mol. The van der Waals surface area contributed by atoms with E-state index in [4.69, 9.17) is 0 Å². The molecule has 0 aliphatic carbocycles. The Morgan fingerprint density at radius 3 is 2.56 bits per heavy atom. The van der Waals surface area contributed by atoms with E-state index < -0.39 is 21.7 Å². The third kappa shape index (κ3) is 4.57. The number of aryl methyl sites for hydroxylation is 2. The van der Waals surface area contributed by atoms with Crippen LogP contribution in [0.1, 0.15) is 44.7 Å². The van der Waals surface area contributed by atoms with Crippen molar-refractivity contribution >= 4 is 33.0 Å². The Bertz CT molecular complexity index is 1250. The zero-order valence-electron chi connectivity index (χ0n) is 17.7. The zero-order chi connectivity index (χ0) is 22.9. The quantitative estimate of drug-likeness (QED) is 0.601. The summed E-state index contributed by atoms with van der Waals surface area (Å²) >= 11 is 1.16. The van der Waals surface area contributed by atoms with Crippen molar-refractivity contribution in [2.75, 3.05) is 18.4 Å². The molecule has 168 valence electrons. The standard InChI is InChI=1S/C22H23FN4O3S2/c1-14-7-8-15(2)19(13-14)32(29,30)27-11-9-16(10-12-27)21-25-26-22(31-21)20(28)24-18-6-4-3-5-17(18)23/h3-8,13,16H,9-12H2,1-2H3,(H,24,28). The van der Waals surface area contributed by atoms with E-state index in [1.54, 1.807) is 25.1 Å². The molecule has 4 rings (SSSR count). The van der Waals surface area contributed by atoms with Gasteiger partial charge in [-0.2, -0.15) is 4.31 Å². The Balaban J connectivity index is 1.42. The zero-order valence-corrected chi connectivity index (χ0v) is 19.3. The number of carbonyl (C=O) groups is 1. The monoisotopic (exact) mass is 474 g/mol. The Morgan fingerprint density at radius 1 is 1.12 bits per heavy atom. The van der Waals surface area contributed by atoms with Gasteiger partial charge in [-0.25, -0.2) is 12.8 Å². The van der Waals surface area contributed by atoms with Crippen LogP contribution >= 0.6 is 11.3 Å². The van der Waals surface area contributed by atoms with Crippen molar-refractivity contribution in [2.24, 2.45) is 0 Å². The molecule has 1 amide bonds. The number of aromatic nitrogens is 2. The minimum atomic E-state index is -3.57. The minimum absolute atomic E-state index is 0.0209. The van der Waals surface area contributed by atoms with Gasteiger partial charge in [0.05, 0.1) is 10.6 Å². The van der Waals surface area contributed by atoms with E-state index in [1.807, 2.05) is 19.1 Å². The Hall–Kier alpha value is -2.69. The first-order chi connectivity index (χ1) is 15.3. The van der Waals surface area contributed by atoms with Crippen LogP contribution in [0.4, 0.5) is 10.1 Å². The number of amides is 1. The fourth-order valence-corrected chi connectivity index (χ4v) is 6.38. The van der Waals surface area contributed by atoms with Crippen LogP contribution in [-0.2, 0) is 10.0 Å². The molecule has 1 aromatic heterocycles. The first-order valence-corrected chi connectivity index (χ1v) is 12.5. The Labute approximate surface area is 190 Å². The van der Waals surface area contributed by atoms with Gasteiger partial charge in [0.1, 0.15) is 10.8 Å². The molecule has 32 heavy (non-hydrogen) atoms. The maximum Gasteiger partial charge on any atom is 0.286 e. The molecule has 10 heteroatoms. The van der Waals surface area contributed by atoms with Crippen molar-refractivity contribution in [3.05, 3.63) is 69.4 Å². The SMILES string of the molecule is Cc1ccc(C)c(S(=O)(=O)N2CCC(c3nnc(C(=O)Nc4ccccc4F)s3)CC2)c1. The number of piperidine rings is 1. The summed E-state index contributed by atoms with van der Waals surface area (Å²) in [7, 11) is -3.57. The molecule has 2 aromatic carbocycles. The lowest BCUT2D eigenvalue weighted by atomic mass is 9.99. The van der Waals surface area contributed by atoms with Gasteiger partial charge in [-0.05, 0) is 56.0 Å². The van der Waals surface area contributed by atoms with E-state index in [1.165, 1.54) is 16.4 Å². The van der Waals surface area contributed by atoms with Gasteiger partial charge < -0.3 is 5.32 Å². The van der Waals surface area contributed by atoms with Gasteiger partial charge in [-0.3, -0.25) is 4.79 Å². The molecule has 7 nitrogen and oxygen atoms in total. The van der Waals surface area contributed by atoms with E-state index in [2.05, 4.69) is 15.5 Å². The summed E-state index contributed by atoms with van der Waals surface area (Å²) in [5, 5.41) is 11.4. The summed E-state index contributed by atoms with van der Waals surface area (Å²) in [6.07, 6.45) is 1.18. The normalized spacial score (nSPS) is 15.6. The smallest absolute Gasteiger partial charge is 0.286 e. The molecular weight excluding hydrogens is 451 g/mol. The van der Waals surface area contributed by atoms with Gasteiger partial charge in [-0.15, -0.1) is 10.2 Å². The highest BCUT2D eigenvalue weighted by Crippen LogP contribution is 2.33. The fourth-order valence-electron chi connectivity index (χ4n) is 3.70. The largest absolute Gasteiger partial charge is 0.317 e. The molecule has 1 fully saturated rings. The number of hydrogen-bond donors (Lipinski definition) is 1. The molecule has 0 radical (unpaired) electrons. The van der Waals surface area contributed by atoms with Crippen molar-refractivity contribution in [3.8, 4) is 0 Å². The number of nitrogens with one attached hydrogen (secondary N) is 1. The lowest BCUT2D eigenvalue weighted by molar-refractivity contribution is 0.102. The first-order valence-electron chi connectivity index (χ1n) is 10.2. The van der Waals surface area contributed by atoms with Crippen LogP contribution in [0, 0.1) is 19.7 Å². The number of carbonyl (C=O) groups excluding carboxylic acids is 1. The highest BCUT2D eigenvalue weighted by molar-refractivity contribution is 7.89. The van der Waals surface area contributed by atoms with Crippen molar-refractivity contribution in [1.82, 2.24) is 14.5 Å². The highest BCUT2D eigenvalue weighted by atomic mass is 32.2. The van der Waals surface area contributed by atoms with Crippen molar-refractivity contribution in [3.63, 3.8) is 0 Å². The summed E-state index contributed by atoms with van der Waals surface area (Å²) < 4.78 is 41.5. The van der Waals surface area contributed by atoms with Crippen LogP contribution in [0.25, 0.3) is 0 Å². The van der Waals surface area contributed by atoms with Crippen LogP contribution in [0.5, 0.6) is 0 Å². The number of nitrogens with zero attached hydrogens (tertiary/aromatic N) is 3. The van der Waals surface area contributed by atoms with Crippen molar-refractivity contribution in [2.45, 2.75) is 37.5 Å². The predicted molar refractivity (Wildman–Crippen MR) is 121 cm³/mol. The van der Waals surface area contributed by atoms with E-state index in [0.29, 0.717) is 35.8 Å². The second kappa shape index (κ2) is 9.05. The Kier molecular flexibility index (Phi) is 6.36. The van der Waals surface area contributed by atoms with E-state index in [9.17, 15) is 17.6 Å². The van der Waals surface area contributed by atoms with E-state index >= 15 is 0 Å². The van der Waals surface area contributed by atoms with Crippen molar-refractivity contribution in [1.29, 1.82) is 0 Å². The molecule has 0 atom stereocenters. The summed E-state index contributed by atoms with van der Waals surface area (Å²) in [6.45, 7) is 4.42. The summed E-state index contributed by atoms with van der Waals surface area (Å²) in [6, 6.07) is 11.3. The number of anilines is 1. The molecule has 2 heterocycles. The molecule has 0 bridgehead atoms. The number of benzene rings is 2. The maximum absolute atomic E-state index is 13.8. The van der Waals surface area contributed by atoms with Crippen LogP contribution in [0.2, 0.25) is 0 Å². The Morgan fingerprint density at radius 2 is 1.84 bits per heavy atom. The lowest BCUT2D eigenvalue weighted by Crippen LogP contribution is -2.38. The first kappa shape index (κ1) is 22.5. The highest BCUT2D eigenvalue weighted by Gasteiger charge is 2.32. The molecule has 0 unspecified atom stereocenters. The molecule has 1 N–H and O–H groups in total. The summed E-state index contributed by atoms with van der Waals surface area (Å²) in [5.74, 6) is -1.02. The molecular formula is C22H23FN4O3S2. The second-order valence-corrected chi connectivity index (χ2v) is 10.7. The molecule has 1 saturated heterocycles. The van der Waals surface area contributed by atoms with Crippen LogP contribution in [0.15, 0.2) is 47.4 Å². The number of rotatable bonds is 5. The maximum atomic E-state index is 13.8. The van der Waals surface area contributed by atoms with Gasteiger partial charge in [0.15, 0.2) is 0 Å². The second-order valence-electron chi connectivity index (χ2n) is 7.83. The van der Waals surface area contributed by atoms with Gasteiger partial charge in [0.25, 0.3) is 5.91 Å². The number of hydrogen-bond acceptors (Lipinski definition) is 6. The minimum Gasteiger partial charge on any atom is -0.317 e. The molecule has 1 aliphatic rings. The summed E-state index contributed by atoms with van der Waals surface area (Å²) in [5.41, 5.74) is 1.71. The fraction of sp³-hybridized carbons (Fsp3) is 0.318. The van der Waals surface area contributed by atoms with Gasteiger partial charge >= 0.3 is 0 Å². The summed E-state index contributed by atoms with van der Waals surface area (Å²) in [4.78, 5) is 12.8. The number of halogens is 1. The number of sulfonamides is 1. The molecule has 0 spiro atoms. The average Bonchev–Trinajstić information content (AvgIpc) is 3.27. The van der Waals surface area contributed by atoms with Gasteiger partial charge in [-0.1, -0.05) is 35.6 Å². The van der Waals surface area contributed by atoms with Crippen LogP contribution < -0.4 is 5.32 Å². The van der Waals surface area contributed by atoms with E-state index in [0.717, 1.165) is 22.5 Å². The lowest BCUT2D eigenvalue weighted by Gasteiger charge is -2.30. The third-order valence-corrected chi connectivity index (χ3v) is 8.65. The third-order valence-electron chi connectivity index (χ3n) is 5.52. The predicted octanol–water partition coefficient (Wildman–Crippen LogP) is 4.11. The van der Waals surface area contributed by atoms with Crippen molar-refractivity contribution < 1.29 is 17.6 Å². The van der Waals surface area contributed by atoms with Crippen LogP contribution in [-0.4, -0.2) is 41.9 Å². The number of para-hydroxylation sites is 1. The van der Waals surface area contributed by atoms with E-state index in [-0.39, 0.29) is 16.6 Å². The van der Waals surface area contributed by atoms with Gasteiger partial charge in [0.2, 0.25) is 15.0 Å². The molecule has 1 aliphatic heterocycles. The molecule has 0 saturated carbocycles.